The minimum atomic E-state index is 0.367. The molecular weight excluding hydrogens is 775 g/mol. The van der Waals surface area contributed by atoms with Gasteiger partial charge in [0.25, 0.3) is 0 Å². The lowest BCUT2D eigenvalue weighted by molar-refractivity contribution is 0.00497. The molecule has 0 radical (unpaired) electrons. The van der Waals surface area contributed by atoms with Gasteiger partial charge >= 0.3 is 0 Å². The van der Waals surface area contributed by atoms with Crippen molar-refractivity contribution >= 4 is 21.8 Å². The normalized spacial score (nSPS) is 16.7. The molecule has 9 rings (SSSR count). The van der Waals surface area contributed by atoms with E-state index < -0.39 is 0 Å². The Labute approximate surface area is 358 Å². The van der Waals surface area contributed by atoms with Crippen LogP contribution in [0, 0.1) is 5.92 Å². The summed E-state index contributed by atoms with van der Waals surface area (Å²) in [7, 11) is 0. The van der Waals surface area contributed by atoms with E-state index in [4.69, 9.17) is 58.3 Å². The molecule has 0 fully saturated rings. The molecule has 10 bridgehead atoms. The second-order valence-corrected chi connectivity index (χ2v) is 14.8. The number of pyridine rings is 2. The van der Waals surface area contributed by atoms with Gasteiger partial charge in [-0.05, 0) is 85.8 Å². The SMILES string of the molecule is C[C@@H]1CCCOc2ccc(cc2)-c2ccc3ccc4ccc(nc4c3n2)-c2ccc(cc2)OCCOCCOCCOCCOc2cc(OCCOCCN)cc(c2)OCC1. The Balaban J connectivity index is 0.990. The van der Waals surface area contributed by atoms with Gasteiger partial charge < -0.3 is 48.4 Å². The molecule has 322 valence electrons. The summed E-state index contributed by atoms with van der Waals surface area (Å²) >= 11 is 0. The third kappa shape index (κ3) is 13.5. The molecule has 0 saturated heterocycles. The number of hydrogen-bond acceptors (Lipinski definition) is 12. The van der Waals surface area contributed by atoms with Crippen LogP contribution in [0.2, 0.25) is 0 Å². The zero-order valence-electron chi connectivity index (χ0n) is 35.1. The fourth-order valence-corrected chi connectivity index (χ4v) is 6.86. The number of fused-ring (bicyclic) bond motifs is 2. The maximum absolute atomic E-state index is 6.19. The molecule has 0 aliphatic carbocycles. The van der Waals surface area contributed by atoms with E-state index in [0.717, 1.165) is 75.1 Å². The molecule has 3 aliphatic rings. The Morgan fingerprint density at radius 1 is 0.508 bits per heavy atom. The Hall–Kier alpha value is -5.50. The standard InChI is InChI=1S/C49H57N3O9/c1-36-3-2-20-57-41-12-6-37(7-13-41)46-16-10-39-4-5-40-11-17-47(52-49(40)48(39)51-46)38-8-14-42(15-9-38)59-30-28-55-25-23-54-24-26-56-29-32-61-45-34-43(58-21-18-36)33-44(35-45)60-31-27-53-22-19-50/h4-17,33-36H,2-3,18-32,50H2,1H3/t36-/m1/s1. The maximum Gasteiger partial charge on any atom is 0.126 e. The number of benzene rings is 4. The number of nitrogens with zero attached hydrogens (tertiary/aromatic N) is 2. The molecular formula is C49H57N3O9. The van der Waals surface area contributed by atoms with Gasteiger partial charge in [-0.25, -0.2) is 9.97 Å². The van der Waals surface area contributed by atoms with Crippen LogP contribution in [0.15, 0.2) is 103 Å². The lowest BCUT2D eigenvalue weighted by Gasteiger charge is -2.15. The van der Waals surface area contributed by atoms with Crippen LogP contribution in [0.5, 0.6) is 28.7 Å². The predicted molar refractivity (Wildman–Crippen MR) is 237 cm³/mol. The minimum Gasteiger partial charge on any atom is -0.494 e. The van der Waals surface area contributed by atoms with E-state index in [0.29, 0.717) is 116 Å². The Morgan fingerprint density at radius 2 is 1.00 bits per heavy atom. The summed E-state index contributed by atoms with van der Waals surface area (Å²) in [6.07, 6.45) is 2.85. The highest BCUT2D eigenvalue weighted by Gasteiger charge is 2.11. The average molecular weight is 832 g/mol. The highest BCUT2D eigenvalue weighted by molar-refractivity contribution is 6.04. The van der Waals surface area contributed by atoms with E-state index >= 15 is 0 Å². The van der Waals surface area contributed by atoms with Crippen molar-refractivity contribution in [3.63, 3.8) is 0 Å². The van der Waals surface area contributed by atoms with Crippen LogP contribution >= 0.6 is 0 Å². The maximum atomic E-state index is 6.19. The monoisotopic (exact) mass is 831 g/mol. The van der Waals surface area contributed by atoms with E-state index in [1.165, 1.54) is 0 Å². The molecule has 12 heteroatoms. The van der Waals surface area contributed by atoms with E-state index in [9.17, 15) is 0 Å². The molecule has 6 aromatic rings. The average Bonchev–Trinajstić information content (AvgIpc) is 3.29. The molecule has 4 aromatic carbocycles. The van der Waals surface area contributed by atoms with E-state index in [2.05, 4.69) is 49.4 Å². The van der Waals surface area contributed by atoms with Crippen LogP contribution < -0.4 is 29.4 Å². The second-order valence-electron chi connectivity index (χ2n) is 14.8. The van der Waals surface area contributed by atoms with Gasteiger partial charge in [0.15, 0.2) is 0 Å². The first-order valence-electron chi connectivity index (χ1n) is 21.3. The van der Waals surface area contributed by atoms with Crippen LogP contribution in [0.1, 0.15) is 26.2 Å². The van der Waals surface area contributed by atoms with Crippen molar-refractivity contribution in [2.45, 2.75) is 26.2 Å². The number of rotatable bonds is 6. The molecule has 2 aromatic heterocycles. The van der Waals surface area contributed by atoms with Gasteiger partial charge in [0.1, 0.15) is 48.6 Å². The lowest BCUT2D eigenvalue weighted by Crippen LogP contribution is -2.14. The van der Waals surface area contributed by atoms with Crippen molar-refractivity contribution in [3.8, 4) is 51.3 Å². The largest absolute Gasteiger partial charge is 0.494 e. The van der Waals surface area contributed by atoms with Gasteiger partial charge in [0.2, 0.25) is 0 Å². The molecule has 12 nitrogen and oxygen atoms in total. The van der Waals surface area contributed by atoms with Crippen LogP contribution in [-0.4, -0.2) is 102 Å². The predicted octanol–water partition coefficient (Wildman–Crippen LogP) is 8.56. The summed E-state index contributed by atoms with van der Waals surface area (Å²) in [4.78, 5) is 10.2. The van der Waals surface area contributed by atoms with Gasteiger partial charge in [-0.3, -0.25) is 0 Å². The van der Waals surface area contributed by atoms with Gasteiger partial charge in [0, 0.05) is 46.6 Å². The lowest BCUT2D eigenvalue weighted by atomic mass is 10.0. The molecule has 2 N–H and O–H groups in total. The fourth-order valence-electron chi connectivity index (χ4n) is 6.86. The quantitative estimate of drug-likeness (QED) is 0.127. The van der Waals surface area contributed by atoms with E-state index in [1.54, 1.807) is 0 Å². The summed E-state index contributed by atoms with van der Waals surface area (Å²) in [6, 6.07) is 34.3. The van der Waals surface area contributed by atoms with Crippen LogP contribution in [0.4, 0.5) is 0 Å². The molecule has 61 heavy (non-hydrogen) atoms. The Bertz CT molecular complexity index is 2240. The fraction of sp³-hybridized carbons (Fsp3) is 0.388. The summed E-state index contributed by atoms with van der Waals surface area (Å²) in [6.45, 7) is 8.72. The molecule has 0 unspecified atom stereocenters. The smallest absolute Gasteiger partial charge is 0.126 e. The first kappa shape index (κ1) is 43.6. The van der Waals surface area contributed by atoms with Crippen LogP contribution in [-0.2, 0) is 18.9 Å². The van der Waals surface area contributed by atoms with Crippen molar-refractivity contribution < 1.29 is 42.6 Å². The highest BCUT2D eigenvalue weighted by atomic mass is 16.6. The van der Waals surface area contributed by atoms with Gasteiger partial charge in [-0.15, -0.1) is 0 Å². The Morgan fingerprint density at radius 3 is 1.56 bits per heavy atom. The van der Waals surface area contributed by atoms with Gasteiger partial charge in [-0.1, -0.05) is 31.2 Å². The molecule has 5 heterocycles. The zero-order chi connectivity index (χ0) is 41.9. The summed E-state index contributed by atoms with van der Waals surface area (Å²) in [5.41, 5.74) is 11.0. The molecule has 3 aliphatic heterocycles. The summed E-state index contributed by atoms with van der Waals surface area (Å²) in [5, 5.41) is 2.08. The van der Waals surface area contributed by atoms with Crippen molar-refractivity contribution in [2.24, 2.45) is 11.7 Å². The first-order valence-corrected chi connectivity index (χ1v) is 21.3. The highest BCUT2D eigenvalue weighted by Crippen LogP contribution is 2.31. The summed E-state index contributed by atoms with van der Waals surface area (Å²) in [5.74, 6) is 4.03. The zero-order valence-corrected chi connectivity index (χ0v) is 35.1. The third-order valence-corrected chi connectivity index (χ3v) is 10.2. The third-order valence-electron chi connectivity index (χ3n) is 10.2. The van der Waals surface area contributed by atoms with Crippen molar-refractivity contribution in [2.75, 3.05) is 92.4 Å². The van der Waals surface area contributed by atoms with Gasteiger partial charge in [0.05, 0.1) is 88.5 Å². The van der Waals surface area contributed by atoms with Crippen molar-refractivity contribution in [3.05, 3.63) is 103 Å². The van der Waals surface area contributed by atoms with Crippen molar-refractivity contribution in [1.82, 2.24) is 9.97 Å². The molecule has 1 atom stereocenters. The topological polar surface area (TPSA) is 135 Å². The Kier molecular flexibility index (Phi) is 16.8. The summed E-state index contributed by atoms with van der Waals surface area (Å²) < 4.78 is 52.8. The number of ether oxygens (including phenoxy) is 9. The number of nitrogens with two attached hydrogens (primary N) is 1. The minimum absolute atomic E-state index is 0.367. The van der Waals surface area contributed by atoms with Crippen LogP contribution in [0.3, 0.4) is 0 Å². The first-order chi connectivity index (χ1) is 30.1. The van der Waals surface area contributed by atoms with E-state index in [1.807, 2.05) is 60.7 Å². The van der Waals surface area contributed by atoms with Gasteiger partial charge in [-0.2, -0.15) is 0 Å². The molecule has 0 saturated carbocycles. The van der Waals surface area contributed by atoms with Crippen molar-refractivity contribution in [1.29, 1.82) is 0 Å². The second kappa shape index (κ2) is 23.5. The van der Waals surface area contributed by atoms with E-state index in [-0.39, 0.29) is 0 Å². The molecule has 0 spiro atoms. The molecule has 0 amide bonds. The number of hydrogen-bond donors (Lipinski definition) is 1. The number of aromatic nitrogens is 2. The van der Waals surface area contributed by atoms with Crippen LogP contribution in [0.25, 0.3) is 44.3 Å².